The molecule has 3 rings (SSSR count). The van der Waals surface area contributed by atoms with Crippen LogP contribution in [0.4, 0.5) is 0 Å². The third-order valence-corrected chi connectivity index (χ3v) is 5.01. The average molecular weight is 419 g/mol. The molecule has 3 aromatic rings. The molecule has 0 aliphatic carbocycles. The smallest absolute Gasteiger partial charge is 0.212 e. The maximum Gasteiger partial charge on any atom is 0.212 e. The minimum absolute atomic E-state index is 0.720. The molecule has 0 unspecified atom stereocenters. The van der Waals surface area contributed by atoms with Crippen LogP contribution in [-0.2, 0) is 12.2 Å². The summed E-state index contributed by atoms with van der Waals surface area (Å²) in [4.78, 5) is 0. The topological polar surface area (TPSA) is 56.2 Å². The molecule has 0 fully saturated rings. The Morgan fingerprint density at radius 1 is 1.20 bits per heavy atom. The number of furan rings is 1. The number of hydrogen-bond donors (Lipinski definition) is 0. The van der Waals surface area contributed by atoms with Crippen molar-refractivity contribution >= 4 is 33.9 Å². The van der Waals surface area contributed by atoms with Crippen LogP contribution in [0.3, 0.4) is 0 Å². The Bertz CT molecular complexity index is 854. The van der Waals surface area contributed by atoms with Gasteiger partial charge in [-0.05, 0) is 43.2 Å². The normalized spacial score (nSPS) is 11.5. The summed E-state index contributed by atoms with van der Waals surface area (Å²) in [6.07, 6.45) is 3.53. The second-order valence-corrected chi connectivity index (χ2v) is 7.43. The predicted molar refractivity (Wildman–Crippen MR) is 104 cm³/mol. The van der Waals surface area contributed by atoms with Crippen molar-refractivity contribution in [2.45, 2.75) is 37.6 Å². The van der Waals surface area contributed by atoms with Gasteiger partial charge in [-0.25, -0.2) is 0 Å². The van der Waals surface area contributed by atoms with Crippen molar-refractivity contribution in [3.63, 3.8) is 0 Å². The van der Waals surface area contributed by atoms with Crippen molar-refractivity contribution in [3.05, 3.63) is 63.8 Å². The van der Waals surface area contributed by atoms with Crippen molar-refractivity contribution in [1.82, 2.24) is 14.9 Å². The molecule has 2 heterocycles. The van der Waals surface area contributed by atoms with E-state index < -0.39 is 0 Å². The fourth-order valence-electron chi connectivity index (χ4n) is 2.25. The first-order chi connectivity index (χ1) is 12.2. The van der Waals surface area contributed by atoms with E-state index in [4.69, 9.17) is 4.42 Å². The Kier molecular flexibility index (Phi) is 6.09. The van der Waals surface area contributed by atoms with E-state index in [0.29, 0.717) is 0 Å². The summed E-state index contributed by atoms with van der Waals surface area (Å²) in [6.45, 7) is 4.03. The third kappa shape index (κ3) is 4.83. The first-order valence-corrected chi connectivity index (χ1v) is 9.86. The fourth-order valence-corrected chi connectivity index (χ4v) is 3.37. The molecule has 7 heteroatoms. The lowest BCUT2D eigenvalue weighted by atomic mass is 10.2. The van der Waals surface area contributed by atoms with E-state index in [9.17, 15) is 0 Å². The molecule has 0 N–H and O–H groups in total. The monoisotopic (exact) mass is 418 g/mol. The molecule has 0 amide bonds. The third-order valence-electron chi connectivity index (χ3n) is 3.49. The van der Waals surface area contributed by atoms with Gasteiger partial charge in [-0.3, -0.25) is 0 Å². The second-order valence-electron chi connectivity index (χ2n) is 5.57. The Hall–Kier alpha value is -1.86. The molecule has 0 spiro atoms. The van der Waals surface area contributed by atoms with Crippen molar-refractivity contribution in [1.29, 1.82) is 0 Å². The van der Waals surface area contributed by atoms with Crippen LogP contribution >= 0.6 is 27.7 Å². The summed E-state index contributed by atoms with van der Waals surface area (Å²) >= 11 is 5.08. The van der Waals surface area contributed by atoms with Gasteiger partial charge in [0.1, 0.15) is 11.5 Å². The second kappa shape index (κ2) is 8.49. The molecule has 130 valence electrons. The number of nitrogens with zero attached hydrogens (tertiary/aromatic N) is 4. The molecule has 0 bridgehead atoms. The summed E-state index contributed by atoms with van der Waals surface area (Å²) in [5.41, 5.74) is 1.23. The molecular formula is C18H19BrN4OS. The lowest BCUT2D eigenvalue weighted by molar-refractivity contribution is 0.527. The molecule has 5 nitrogen and oxygen atoms in total. The quantitative estimate of drug-likeness (QED) is 0.396. The minimum atomic E-state index is 0.720. The lowest BCUT2D eigenvalue weighted by Crippen LogP contribution is -2.00. The zero-order valence-corrected chi connectivity index (χ0v) is 16.5. The zero-order chi connectivity index (χ0) is 17.6. The van der Waals surface area contributed by atoms with Crippen LogP contribution in [-0.4, -0.2) is 21.1 Å². The van der Waals surface area contributed by atoms with Gasteiger partial charge >= 0.3 is 0 Å². The van der Waals surface area contributed by atoms with Crippen LogP contribution in [0.1, 0.15) is 36.3 Å². The first-order valence-electron chi connectivity index (χ1n) is 8.08. The predicted octanol–water partition coefficient (Wildman–Crippen LogP) is 5.07. The van der Waals surface area contributed by atoms with E-state index in [1.165, 1.54) is 5.56 Å². The first kappa shape index (κ1) is 17.9. The van der Waals surface area contributed by atoms with E-state index in [2.05, 4.69) is 50.3 Å². The van der Waals surface area contributed by atoms with Crippen LogP contribution in [0.2, 0.25) is 0 Å². The molecule has 0 aliphatic rings. The number of aromatic nitrogens is 3. The van der Waals surface area contributed by atoms with E-state index in [-0.39, 0.29) is 0 Å². The van der Waals surface area contributed by atoms with Gasteiger partial charge < -0.3 is 4.42 Å². The highest BCUT2D eigenvalue weighted by Gasteiger charge is 2.12. The minimum Gasteiger partial charge on any atom is -0.460 e. The van der Waals surface area contributed by atoms with Crippen LogP contribution < -0.4 is 0 Å². The summed E-state index contributed by atoms with van der Waals surface area (Å²) in [6, 6.07) is 12.1. The number of hydrogen-bond acceptors (Lipinski definition) is 5. The lowest BCUT2D eigenvalue weighted by Gasteiger charge is -2.04. The Balaban J connectivity index is 1.78. The fraction of sp³-hybridized carbons (Fsp3) is 0.278. The highest BCUT2D eigenvalue weighted by atomic mass is 79.9. The average Bonchev–Trinajstić information content (AvgIpc) is 3.19. The number of benzene rings is 1. The highest BCUT2D eigenvalue weighted by Crippen LogP contribution is 2.23. The van der Waals surface area contributed by atoms with Crippen LogP contribution in [0, 0.1) is 6.92 Å². The van der Waals surface area contributed by atoms with E-state index in [1.807, 2.05) is 35.9 Å². The van der Waals surface area contributed by atoms with E-state index in [0.717, 1.165) is 45.6 Å². The van der Waals surface area contributed by atoms with Crippen LogP contribution in [0.25, 0.3) is 0 Å². The highest BCUT2D eigenvalue weighted by molar-refractivity contribution is 9.10. The number of halogens is 1. The maximum absolute atomic E-state index is 5.55. The molecule has 0 saturated heterocycles. The van der Waals surface area contributed by atoms with Crippen molar-refractivity contribution in [3.8, 4) is 0 Å². The Morgan fingerprint density at radius 2 is 2.00 bits per heavy atom. The van der Waals surface area contributed by atoms with Crippen molar-refractivity contribution in [2.75, 3.05) is 0 Å². The van der Waals surface area contributed by atoms with Crippen LogP contribution in [0.5, 0.6) is 0 Å². The standard InChI is InChI=1S/C18H19BrN4OS/c1-3-4-17-21-22-18(25-12-14-6-8-15(19)9-7-14)23(17)20-11-16-10-5-13(2)24-16/h5-11H,3-4,12H2,1-2H3/b20-11-. The summed E-state index contributed by atoms with van der Waals surface area (Å²) in [7, 11) is 0. The Labute approximate surface area is 159 Å². The summed E-state index contributed by atoms with van der Waals surface area (Å²) in [5.74, 6) is 3.26. The van der Waals surface area contributed by atoms with Crippen molar-refractivity contribution in [2.24, 2.45) is 5.10 Å². The van der Waals surface area contributed by atoms with Crippen molar-refractivity contribution < 1.29 is 4.42 Å². The van der Waals surface area contributed by atoms with Gasteiger partial charge in [-0.1, -0.05) is 46.7 Å². The number of rotatable bonds is 7. The molecule has 25 heavy (non-hydrogen) atoms. The molecular weight excluding hydrogens is 400 g/mol. The van der Waals surface area contributed by atoms with Gasteiger partial charge in [0.15, 0.2) is 5.82 Å². The van der Waals surface area contributed by atoms with Gasteiger partial charge in [0.2, 0.25) is 5.16 Å². The van der Waals surface area contributed by atoms with Gasteiger partial charge in [0, 0.05) is 16.6 Å². The maximum atomic E-state index is 5.55. The number of aryl methyl sites for hydroxylation is 2. The Morgan fingerprint density at radius 3 is 2.68 bits per heavy atom. The molecule has 0 saturated carbocycles. The van der Waals surface area contributed by atoms with Gasteiger partial charge in [-0.2, -0.15) is 9.78 Å². The molecule has 0 atom stereocenters. The van der Waals surface area contributed by atoms with Gasteiger partial charge in [-0.15, -0.1) is 10.2 Å². The van der Waals surface area contributed by atoms with Crippen LogP contribution in [0.15, 0.2) is 55.5 Å². The van der Waals surface area contributed by atoms with E-state index >= 15 is 0 Å². The molecule has 1 aromatic carbocycles. The summed E-state index contributed by atoms with van der Waals surface area (Å²) in [5, 5.41) is 13.9. The molecule has 0 radical (unpaired) electrons. The largest absolute Gasteiger partial charge is 0.460 e. The summed E-state index contributed by atoms with van der Waals surface area (Å²) < 4.78 is 8.43. The molecule has 0 aliphatic heterocycles. The van der Waals surface area contributed by atoms with E-state index in [1.54, 1.807) is 18.0 Å². The SMILES string of the molecule is CCCc1nnc(SCc2ccc(Br)cc2)n1/N=C\c1ccc(C)o1. The zero-order valence-electron chi connectivity index (χ0n) is 14.1. The molecule has 2 aromatic heterocycles. The number of thioether (sulfide) groups is 1. The van der Waals surface area contributed by atoms with Gasteiger partial charge in [0.05, 0.1) is 6.21 Å². The van der Waals surface area contributed by atoms with Gasteiger partial charge in [0.25, 0.3) is 0 Å².